The van der Waals surface area contributed by atoms with Crippen LogP contribution >= 0.6 is 0 Å². The molecule has 1 unspecified atom stereocenters. The summed E-state index contributed by atoms with van der Waals surface area (Å²) in [7, 11) is 0. The Kier molecular flexibility index (Phi) is 2.41. The van der Waals surface area contributed by atoms with Gasteiger partial charge >= 0.3 is 0 Å². The molecular formula is C11H13NO2. The molecule has 2 N–H and O–H groups in total. The van der Waals surface area contributed by atoms with Crippen molar-refractivity contribution in [1.82, 2.24) is 0 Å². The van der Waals surface area contributed by atoms with Gasteiger partial charge in [0.05, 0.1) is 6.26 Å². The lowest BCUT2D eigenvalue weighted by molar-refractivity contribution is 0.230. The molecule has 2 aromatic rings. The molecule has 1 aromatic heterocycles. The maximum absolute atomic E-state index is 5.57. The second kappa shape index (κ2) is 3.72. The summed E-state index contributed by atoms with van der Waals surface area (Å²) in [5.74, 6) is 0.830. The van der Waals surface area contributed by atoms with Gasteiger partial charge in [0.1, 0.15) is 17.4 Å². The average Bonchev–Trinajstić information content (AvgIpc) is 2.64. The van der Waals surface area contributed by atoms with Crippen LogP contribution in [0.1, 0.15) is 6.92 Å². The Labute approximate surface area is 82.5 Å². The van der Waals surface area contributed by atoms with Crippen LogP contribution in [-0.4, -0.2) is 12.6 Å². The van der Waals surface area contributed by atoms with E-state index in [2.05, 4.69) is 0 Å². The zero-order chi connectivity index (χ0) is 9.97. The molecule has 0 bridgehead atoms. The van der Waals surface area contributed by atoms with Crippen LogP contribution in [0.15, 0.2) is 34.9 Å². The van der Waals surface area contributed by atoms with Gasteiger partial charge in [0, 0.05) is 11.9 Å². The van der Waals surface area contributed by atoms with Crippen LogP contribution in [0, 0.1) is 0 Å². The molecule has 0 radical (unpaired) electrons. The van der Waals surface area contributed by atoms with Crippen molar-refractivity contribution in [1.29, 1.82) is 0 Å². The van der Waals surface area contributed by atoms with Gasteiger partial charge in [0.15, 0.2) is 0 Å². The molecule has 0 aliphatic heterocycles. The van der Waals surface area contributed by atoms with Gasteiger partial charge in [0.2, 0.25) is 0 Å². The summed E-state index contributed by atoms with van der Waals surface area (Å²) in [6, 6.07) is 7.65. The first-order valence-electron chi connectivity index (χ1n) is 4.63. The number of ether oxygens (including phenoxy) is 1. The van der Waals surface area contributed by atoms with Crippen LogP contribution < -0.4 is 10.5 Å². The Morgan fingerprint density at radius 1 is 1.43 bits per heavy atom. The van der Waals surface area contributed by atoms with Gasteiger partial charge in [0.25, 0.3) is 0 Å². The highest BCUT2D eigenvalue weighted by Crippen LogP contribution is 2.22. The Morgan fingerprint density at radius 3 is 3.07 bits per heavy atom. The van der Waals surface area contributed by atoms with E-state index in [0.717, 1.165) is 16.7 Å². The summed E-state index contributed by atoms with van der Waals surface area (Å²) in [6.07, 6.45) is 1.71. The molecule has 0 saturated carbocycles. The molecule has 0 fully saturated rings. The highest BCUT2D eigenvalue weighted by molar-refractivity contribution is 5.78. The number of benzene rings is 1. The minimum Gasteiger partial charge on any atom is -0.489 e. The molecule has 3 heteroatoms. The fraction of sp³-hybridized carbons (Fsp3) is 0.273. The number of rotatable bonds is 3. The maximum atomic E-state index is 5.57. The van der Waals surface area contributed by atoms with E-state index in [-0.39, 0.29) is 6.10 Å². The number of hydrogen-bond donors (Lipinski definition) is 1. The van der Waals surface area contributed by atoms with Gasteiger partial charge in [-0.1, -0.05) is 0 Å². The van der Waals surface area contributed by atoms with Gasteiger partial charge in [-0.15, -0.1) is 0 Å². The summed E-state index contributed by atoms with van der Waals surface area (Å²) in [5, 5.41) is 1.05. The van der Waals surface area contributed by atoms with Gasteiger partial charge in [-0.3, -0.25) is 0 Å². The topological polar surface area (TPSA) is 48.4 Å². The molecule has 0 saturated heterocycles. The number of hydrogen-bond acceptors (Lipinski definition) is 3. The lowest BCUT2D eigenvalue weighted by atomic mass is 10.2. The normalized spacial score (nSPS) is 13.0. The van der Waals surface area contributed by atoms with Gasteiger partial charge in [-0.2, -0.15) is 0 Å². The molecule has 1 aromatic carbocycles. The second-order valence-electron chi connectivity index (χ2n) is 3.28. The quantitative estimate of drug-likeness (QED) is 0.808. The van der Waals surface area contributed by atoms with Crippen molar-refractivity contribution in [3.63, 3.8) is 0 Å². The molecule has 74 valence electrons. The molecule has 1 atom stereocenters. The molecule has 1 heterocycles. The van der Waals surface area contributed by atoms with Gasteiger partial charge in [-0.05, 0) is 31.2 Å². The zero-order valence-corrected chi connectivity index (χ0v) is 8.07. The van der Waals surface area contributed by atoms with Crippen LogP contribution in [0.2, 0.25) is 0 Å². The third-order valence-electron chi connectivity index (χ3n) is 2.09. The Hall–Kier alpha value is -1.48. The minimum atomic E-state index is 0.0411. The van der Waals surface area contributed by atoms with Crippen LogP contribution in [0.5, 0.6) is 5.75 Å². The smallest absolute Gasteiger partial charge is 0.134 e. The number of fused-ring (bicyclic) bond motifs is 1. The molecule has 0 aliphatic carbocycles. The fourth-order valence-electron chi connectivity index (χ4n) is 1.30. The largest absolute Gasteiger partial charge is 0.489 e. The minimum absolute atomic E-state index is 0.0411. The van der Waals surface area contributed by atoms with E-state index < -0.39 is 0 Å². The first kappa shape index (κ1) is 9.09. The summed E-state index contributed by atoms with van der Waals surface area (Å²) >= 11 is 0. The molecule has 0 aliphatic rings. The van der Waals surface area contributed by atoms with Crippen LogP contribution in [0.25, 0.3) is 11.0 Å². The van der Waals surface area contributed by atoms with Crippen molar-refractivity contribution in [2.45, 2.75) is 13.0 Å². The second-order valence-corrected chi connectivity index (χ2v) is 3.28. The predicted octanol–water partition coefficient (Wildman–Crippen LogP) is 2.16. The summed E-state index contributed by atoms with van der Waals surface area (Å²) < 4.78 is 10.8. The van der Waals surface area contributed by atoms with Crippen LogP contribution in [-0.2, 0) is 0 Å². The van der Waals surface area contributed by atoms with Gasteiger partial charge in [-0.25, -0.2) is 0 Å². The van der Waals surface area contributed by atoms with Gasteiger partial charge < -0.3 is 14.9 Å². The average molecular weight is 191 g/mol. The SMILES string of the molecule is CC(CN)Oc1ccc2occc2c1. The highest BCUT2D eigenvalue weighted by atomic mass is 16.5. The van der Waals surface area contributed by atoms with E-state index in [1.807, 2.05) is 31.2 Å². The van der Waals surface area contributed by atoms with E-state index in [1.165, 1.54) is 0 Å². The predicted molar refractivity (Wildman–Crippen MR) is 55.4 cm³/mol. The van der Waals surface area contributed by atoms with Crippen molar-refractivity contribution >= 4 is 11.0 Å². The van der Waals surface area contributed by atoms with E-state index in [4.69, 9.17) is 14.9 Å². The monoisotopic (exact) mass is 191 g/mol. The maximum Gasteiger partial charge on any atom is 0.134 e. The third kappa shape index (κ3) is 1.72. The van der Waals surface area contributed by atoms with Crippen LogP contribution in [0.4, 0.5) is 0 Å². The fourth-order valence-corrected chi connectivity index (χ4v) is 1.30. The first-order chi connectivity index (χ1) is 6.79. The highest BCUT2D eigenvalue weighted by Gasteiger charge is 2.03. The van der Waals surface area contributed by atoms with E-state index in [0.29, 0.717) is 6.54 Å². The van der Waals surface area contributed by atoms with E-state index in [9.17, 15) is 0 Å². The Balaban J connectivity index is 2.25. The van der Waals surface area contributed by atoms with Crippen molar-refractivity contribution in [3.05, 3.63) is 30.5 Å². The Bertz CT molecular complexity index is 422. The lowest BCUT2D eigenvalue weighted by Gasteiger charge is -2.11. The lowest BCUT2D eigenvalue weighted by Crippen LogP contribution is -2.22. The summed E-state index contributed by atoms with van der Waals surface area (Å²) in [6.45, 7) is 2.46. The van der Waals surface area contributed by atoms with E-state index >= 15 is 0 Å². The first-order valence-corrected chi connectivity index (χ1v) is 4.63. The van der Waals surface area contributed by atoms with E-state index in [1.54, 1.807) is 6.26 Å². The Morgan fingerprint density at radius 2 is 2.29 bits per heavy atom. The molecular weight excluding hydrogens is 178 g/mol. The zero-order valence-electron chi connectivity index (χ0n) is 8.07. The molecule has 0 amide bonds. The molecule has 0 spiro atoms. The van der Waals surface area contributed by atoms with Crippen molar-refractivity contribution in [2.75, 3.05) is 6.54 Å². The molecule has 2 rings (SSSR count). The van der Waals surface area contributed by atoms with Crippen molar-refractivity contribution in [2.24, 2.45) is 5.73 Å². The summed E-state index contributed by atoms with van der Waals surface area (Å²) in [4.78, 5) is 0. The standard InChI is InChI=1S/C11H13NO2/c1-8(7-12)14-10-2-3-11-9(6-10)4-5-13-11/h2-6,8H,7,12H2,1H3. The number of furan rings is 1. The molecule has 14 heavy (non-hydrogen) atoms. The van der Waals surface area contributed by atoms with Crippen LogP contribution in [0.3, 0.4) is 0 Å². The number of nitrogens with two attached hydrogens (primary N) is 1. The summed E-state index contributed by atoms with van der Waals surface area (Å²) in [5.41, 5.74) is 6.34. The third-order valence-corrected chi connectivity index (χ3v) is 2.09. The molecule has 3 nitrogen and oxygen atoms in total. The van der Waals surface area contributed by atoms with Crippen molar-refractivity contribution < 1.29 is 9.15 Å². The van der Waals surface area contributed by atoms with Crippen molar-refractivity contribution in [3.8, 4) is 5.75 Å².